The summed E-state index contributed by atoms with van der Waals surface area (Å²) >= 11 is 0. The highest BCUT2D eigenvalue weighted by Crippen LogP contribution is 2.18. The molecule has 0 fully saturated rings. The smallest absolute Gasteiger partial charge is 0.335 e. The molecule has 182 valence electrons. The van der Waals surface area contributed by atoms with Crippen LogP contribution in [0.3, 0.4) is 0 Å². The summed E-state index contributed by atoms with van der Waals surface area (Å²) in [7, 11) is 0. The molecule has 2 unspecified atom stereocenters. The SMILES string of the molecule is CCC(O)C(CC)C(O)CC.CCc1ccc(C(=O)O)cc1.O=C(O)C=Cc1ccccc1. The van der Waals surface area contributed by atoms with Gasteiger partial charge in [0.2, 0.25) is 0 Å². The lowest BCUT2D eigenvalue weighted by molar-refractivity contribution is -0.131. The van der Waals surface area contributed by atoms with Crippen molar-refractivity contribution in [3.05, 3.63) is 77.4 Å². The predicted octanol–water partition coefficient (Wildman–Crippen LogP) is 5.29. The van der Waals surface area contributed by atoms with E-state index in [-0.39, 0.29) is 18.1 Å². The van der Waals surface area contributed by atoms with Gasteiger partial charge in [0.05, 0.1) is 17.8 Å². The van der Waals surface area contributed by atoms with E-state index in [1.807, 2.05) is 70.2 Å². The lowest BCUT2D eigenvalue weighted by Gasteiger charge is -2.24. The van der Waals surface area contributed by atoms with Gasteiger partial charge >= 0.3 is 11.9 Å². The van der Waals surface area contributed by atoms with Crippen LogP contribution in [-0.2, 0) is 11.2 Å². The maximum atomic E-state index is 10.4. The van der Waals surface area contributed by atoms with E-state index in [9.17, 15) is 19.8 Å². The van der Waals surface area contributed by atoms with E-state index in [2.05, 4.69) is 0 Å². The number of hydrogen-bond acceptors (Lipinski definition) is 4. The Morgan fingerprint density at radius 3 is 1.67 bits per heavy atom. The number of hydrogen-bond donors (Lipinski definition) is 4. The number of aliphatic hydroxyl groups is 2. The van der Waals surface area contributed by atoms with Crippen LogP contribution in [0.2, 0.25) is 0 Å². The molecule has 0 radical (unpaired) electrons. The molecule has 0 amide bonds. The summed E-state index contributed by atoms with van der Waals surface area (Å²) in [6.45, 7) is 7.92. The molecule has 2 aromatic carbocycles. The first-order valence-corrected chi connectivity index (χ1v) is 11.3. The van der Waals surface area contributed by atoms with Gasteiger partial charge in [-0.15, -0.1) is 0 Å². The normalized spacial score (nSPS) is 13.0. The topological polar surface area (TPSA) is 115 Å². The molecule has 2 aromatic rings. The molecular formula is C27H38O6. The minimum atomic E-state index is -0.922. The number of rotatable bonds is 9. The highest BCUT2D eigenvalue weighted by Gasteiger charge is 2.22. The van der Waals surface area contributed by atoms with Crippen molar-refractivity contribution in [3.63, 3.8) is 0 Å². The largest absolute Gasteiger partial charge is 0.478 e. The van der Waals surface area contributed by atoms with Crippen molar-refractivity contribution in [2.45, 2.75) is 65.6 Å². The summed E-state index contributed by atoms with van der Waals surface area (Å²) in [4.78, 5) is 20.5. The van der Waals surface area contributed by atoms with Crippen molar-refractivity contribution in [1.82, 2.24) is 0 Å². The highest BCUT2D eigenvalue weighted by atomic mass is 16.4. The number of benzene rings is 2. The lowest BCUT2D eigenvalue weighted by atomic mass is 9.90. The summed E-state index contributed by atoms with van der Waals surface area (Å²) in [5, 5.41) is 35.8. The Balaban J connectivity index is 0.000000465. The van der Waals surface area contributed by atoms with Crippen molar-refractivity contribution >= 4 is 18.0 Å². The van der Waals surface area contributed by atoms with Gasteiger partial charge in [0.1, 0.15) is 0 Å². The molecule has 0 aliphatic carbocycles. The summed E-state index contributed by atoms with van der Waals surface area (Å²) in [6, 6.07) is 16.2. The summed E-state index contributed by atoms with van der Waals surface area (Å²) in [5.74, 6) is -1.73. The lowest BCUT2D eigenvalue weighted by Crippen LogP contribution is -2.30. The maximum Gasteiger partial charge on any atom is 0.335 e. The third kappa shape index (κ3) is 13.2. The molecule has 0 saturated heterocycles. The van der Waals surface area contributed by atoms with Crippen LogP contribution in [0.25, 0.3) is 6.08 Å². The Morgan fingerprint density at radius 1 is 0.788 bits per heavy atom. The average Bonchev–Trinajstić information content (AvgIpc) is 2.84. The molecule has 0 spiro atoms. The maximum absolute atomic E-state index is 10.4. The van der Waals surface area contributed by atoms with Gasteiger partial charge in [-0.25, -0.2) is 9.59 Å². The Bertz CT molecular complexity index is 804. The number of carboxylic acids is 2. The van der Waals surface area contributed by atoms with Crippen molar-refractivity contribution < 1.29 is 30.0 Å². The minimum Gasteiger partial charge on any atom is -0.478 e. The molecule has 0 saturated carbocycles. The van der Waals surface area contributed by atoms with Gasteiger partial charge in [0.15, 0.2) is 0 Å². The number of carboxylic acid groups (broad SMARTS) is 2. The van der Waals surface area contributed by atoms with Crippen LogP contribution in [-0.4, -0.2) is 44.6 Å². The van der Waals surface area contributed by atoms with E-state index in [0.717, 1.165) is 42.9 Å². The van der Waals surface area contributed by atoms with Gasteiger partial charge in [0, 0.05) is 12.0 Å². The first-order valence-electron chi connectivity index (χ1n) is 11.3. The van der Waals surface area contributed by atoms with Crippen LogP contribution >= 0.6 is 0 Å². The van der Waals surface area contributed by atoms with E-state index in [1.165, 1.54) is 0 Å². The Morgan fingerprint density at radius 2 is 1.30 bits per heavy atom. The van der Waals surface area contributed by atoms with E-state index in [0.29, 0.717) is 5.56 Å². The molecule has 0 bridgehead atoms. The first kappa shape index (κ1) is 30.0. The third-order valence-electron chi connectivity index (χ3n) is 5.12. The minimum absolute atomic E-state index is 0.0602. The van der Waals surface area contributed by atoms with Crippen molar-refractivity contribution in [2.24, 2.45) is 5.92 Å². The van der Waals surface area contributed by atoms with Gasteiger partial charge in [-0.2, -0.15) is 0 Å². The van der Waals surface area contributed by atoms with Gasteiger partial charge in [-0.05, 0) is 55.0 Å². The summed E-state index contributed by atoms with van der Waals surface area (Å²) in [6.07, 6.45) is 5.26. The Labute approximate surface area is 197 Å². The zero-order valence-electron chi connectivity index (χ0n) is 20.0. The van der Waals surface area contributed by atoms with Crippen molar-refractivity contribution in [1.29, 1.82) is 0 Å². The summed E-state index contributed by atoms with van der Waals surface area (Å²) < 4.78 is 0. The van der Waals surface area contributed by atoms with E-state index in [4.69, 9.17) is 10.2 Å². The zero-order chi connectivity index (χ0) is 25.2. The second kappa shape index (κ2) is 17.6. The van der Waals surface area contributed by atoms with E-state index < -0.39 is 11.9 Å². The molecule has 0 aliphatic heterocycles. The monoisotopic (exact) mass is 458 g/mol. The van der Waals surface area contributed by atoms with Crippen LogP contribution < -0.4 is 0 Å². The van der Waals surface area contributed by atoms with E-state index >= 15 is 0 Å². The number of aliphatic hydroxyl groups excluding tert-OH is 2. The molecule has 0 aliphatic rings. The summed E-state index contributed by atoms with van der Waals surface area (Å²) in [5.41, 5.74) is 2.41. The first-order chi connectivity index (χ1) is 15.7. The van der Waals surface area contributed by atoms with Gasteiger partial charge in [0.25, 0.3) is 0 Å². The number of aliphatic carboxylic acids is 1. The highest BCUT2D eigenvalue weighted by molar-refractivity contribution is 5.87. The molecule has 33 heavy (non-hydrogen) atoms. The molecular weight excluding hydrogens is 420 g/mol. The van der Waals surface area contributed by atoms with E-state index in [1.54, 1.807) is 18.2 Å². The molecule has 6 heteroatoms. The standard InChI is InChI=1S/C9H10O2.C9H8O2.C9H20O2/c1-2-7-3-5-8(6-4-7)9(10)11;10-9(11)7-6-8-4-2-1-3-5-8;1-4-7(8(10)5-2)9(11)6-3/h3-6H,2H2,1H3,(H,10,11);1-7H,(H,10,11);7-11H,4-6H2,1-3H3. The number of aromatic carboxylic acids is 1. The van der Waals surface area contributed by atoms with Crippen LogP contribution in [0.15, 0.2) is 60.7 Å². The third-order valence-corrected chi connectivity index (χ3v) is 5.12. The molecule has 4 N–H and O–H groups in total. The zero-order valence-corrected chi connectivity index (χ0v) is 20.0. The van der Waals surface area contributed by atoms with Crippen LogP contribution in [0.5, 0.6) is 0 Å². The van der Waals surface area contributed by atoms with Crippen molar-refractivity contribution in [2.75, 3.05) is 0 Å². The Hall–Kier alpha value is -2.96. The second-order valence-corrected chi connectivity index (χ2v) is 7.46. The van der Waals surface area contributed by atoms with Crippen LogP contribution in [0, 0.1) is 5.92 Å². The van der Waals surface area contributed by atoms with Gasteiger partial charge in [-0.3, -0.25) is 0 Å². The molecule has 2 rings (SSSR count). The Kier molecular flexibility index (Phi) is 16.0. The fraction of sp³-hybridized carbons (Fsp3) is 0.407. The fourth-order valence-electron chi connectivity index (χ4n) is 3.02. The molecule has 2 atom stereocenters. The number of carbonyl (C=O) groups is 2. The van der Waals surface area contributed by atoms with Crippen LogP contribution in [0.4, 0.5) is 0 Å². The van der Waals surface area contributed by atoms with Gasteiger partial charge in [-0.1, -0.05) is 70.2 Å². The second-order valence-electron chi connectivity index (χ2n) is 7.46. The molecule has 0 heterocycles. The molecule has 0 aromatic heterocycles. The quantitative estimate of drug-likeness (QED) is 0.380. The fourth-order valence-corrected chi connectivity index (χ4v) is 3.02. The van der Waals surface area contributed by atoms with Gasteiger partial charge < -0.3 is 20.4 Å². The van der Waals surface area contributed by atoms with Crippen LogP contribution in [0.1, 0.15) is 68.4 Å². The predicted molar refractivity (Wildman–Crippen MR) is 132 cm³/mol. The molecule has 6 nitrogen and oxygen atoms in total. The number of aryl methyl sites for hydroxylation is 1. The average molecular weight is 459 g/mol. The van der Waals surface area contributed by atoms with Crippen molar-refractivity contribution in [3.8, 4) is 0 Å².